The van der Waals surface area contributed by atoms with Gasteiger partial charge in [-0.1, -0.05) is 44.2 Å². The Kier molecular flexibility index (Phi) is 10.2. The second kappa shape index (κ2) is 11.9. The van der Waals surface area contributed by atoms with Gasteiger partial charge in [-0.3, -0.25) is 4.99 Å². The maximum absolute atomic E-state index is 5.36. The Labute approximate surface area is 148 Å². The van der Waals surface area contributed by atoms with Crippen LogP contribution in [0.4, 0.5) is 0 Å². The van der Waals surface area contributed by atoms with Crippen molar-refractivity contribution in [2.24, 2.45) is 4.99 Å². The van der Waals surface area contributed by atoms with Crippen LogP contribution in [0, 0.1) is 0 Å². The predicted octanol–water partition coefficient (Wildman–Crippen LogP) is 3.73. The molecule has 0 bridgehead atoms. The molecule has 0 saturated carbocycles. The van der Waals surface area contributed by atoms with Crippen molar-refractivity contribution in [1.82, 2.24) is 10.6 Å². The van der Waals surface area contributed by atoms with Crippen LogP contribution in [0.1, 0.15) is 52.0 Å². The molecule has 0 radical (unpaired) electrons. The molecule has 0 aliphatic heterocycles. The molecule has 0 aliphatic rings. The standard InChI is InChI=1S/C20H35N3O/c1-5-20(6-2,18-13-9-8-10-14-18)17-23-19(21-4)22-15-11-12-16-24-7-3/h8-10,13-14H,5-7,11-12,15-17H2,1-4H3,(H2,21,22,23). The first-order valence-corrected chi connectivity index (χ1v) is 9.30. The predicted molar refractivity (Wildman–Crippen MR) is 104 cm³/mol. The molecule has 24 heavy (non-hydrogen) atoms. The number of aliphatic imine (C=N–C) groups is 1. The molecule has 0 aliphatic carbocycles. The summed E-state index contributed by atoms with van der Waals surface area (Å²) in [6.07, 6.45) is 4.37. The zero-order valence-electron chi connectivity index (χ0n) is 15.9. The number of ether oxygens (including phenoxy) is 1. The Morgan fingerprint density at radius 3 is 2.33 bits per heavy atom. The van der Waals surface area contributed by atoms with E-state index in [9.17, 15) is 0 Å². The van der Waals surface area contributed by atoms with Gasteiger partial charge in [0.2, 0.25) is 0 Å². The highest BCUT2D eigenvalue weighted by molar-refractivity contribution is 5.79. The third-order valence-electron chi connectivity index (χ3n) is 4.77. The van der Waals surface area contributed by atoms with Crippen LogP contribution in [0.25, 0.3) is 0 Å². The molecule has 0 atom stereocenters. The van der Waals surface area contributed by atoms with Crippen LogP contribution in [-0.4, -0.2) is 39.3 Å². The highest BCUT2D eigenvalue weighted by atomic mass is 16.5. The molecule has 4 heteroatoms. The summed E-state index contributed by atoms with van der Waals surface area (Å²) in [5, 5.41) is 6.92. The molecule has 136 valence electrons. The topological polar surface area (TPSA) is 45.6 Å². The van der Waals surface area contributed by atoms with Gasteiger partial charge >= 0.3 is 0 Å². The summed E-state index contributed by atoms with van der Waals surface area (Å²) in [6, 6.07) is 10.8. The minimum Gasteiger partial charge on any atom is -0.382 e. The van der Waals surface area contributed by atoms with Gasteiger partial charge < -0.3 is 15.4 Å². The average molecular weight is 334 g/mol. The van der Waals surface area contributed by atoms with Gasteiger partial charge in [0.1, 0.15) is 0 Å². The molecule has 1 rings (SSSR count). The van der Waals surface area contributed by atoms with E-state index in [4.69, 9.17) is 4.74 Å². The van der Waals surface area contributed by atoms with E-state index in [1.807, 2.05) is 14.0 Å². The molecule has 0 aromatic heterocycles. The first kappa shape index (κ1) is 20.5. The van der Waals surface area contributed by atoms with Crippen molar-refractivity contribution in [3.05, 3.63) is 35.9 Å². The van der Waals surface area contributed by atoms with E-state index in [0.29, 0.717) is 0 Å². The largest absolute Gasteiger partial charge is 0.382 e. The van der Waals surface area contributed by atoms with Crippen LogP contribution in [0.5, 0.6) is 0 Å². The van der Waals surface area contributed by atoms with Gasteiger partial charge in [0.15, 0.2) is 5.96 Å². The molecule has 1 aromatic carbocycles. The molecule has 4 nitrogen and oxygen atoms in total. The van der Waals surface area contributed by atoms with Gasteiger partial charge in [0, 0.05) is 38.8 Å². The molecule has 0 heterocycles. The molecular weight excluding hydrogens is 298 g/mol. The first-order chi connectivity index (χ1) is 11.7. The molecule has 0 amide bonds. The number of nitrogens with zero attached hydrogens (tertiary/aromatic N) is 1. The second-order valence-corrected chi connectivity index (χ2v) is 6.11. The number of hydrogen-bond donors (Lipinski definition) is 2. The van der Waals surface area contributed by atoms with E-state index < -0.39 is 0 Å². The third kappa shape index (κ3) is 6.52. The highest BCUT2D eigenvalue weighted by Crippen LogP contribution is 2.30. The maximum atomic E-state index is 5.36. The molecule has 0 saturated heterocycles. The number of unbranched alkanes of at least 4 members (excludes halogenated alkanes) is 1. The Hall–Kier alpha value is -1.55. The van der Waals surface area contributed by atoms with Gasteiger partial charge in [-0.25, -0.2) is 0 Å². The number of nitrogens with one attached hydrogen (secondary N) is 2. The monoisotopic (exact) mass is 333 g/mol. The SMILES string of the molecule is CCOCCCCNC(=NC)NCC(CC)(CC)c1ccccc1. The molecule has 0 unspecified atom stereocenters. The van der Waals surface area contributed by atoms with Gasteiger partial charge in [-0.15, -0.1) is 0 Å². The van der Waals surface area contributed by atoms with Crippen LogP contribution < -0.4 is 10.6 Å². The third-order valence-corrected chi connectivity index (χ3v) is 4.77. The molecule has 1 aromatic rings. The Bertz CT molecular complexity index is 455. The summed E-state index contributed by atoms with van der Waals surface area (Å²) in [5.74, 6) is 0.883. The minimum atomic E-state index is 0.147. The minimum absolute atomic E-state index is 0.147. The first-order valence-electron chi connectivity index (χ1n) is 9.30. The Balaban J connectivity index is 2.50. The second-order valence-electron chi connectivity index (χ2n) is 6.11. The summed E-state index contributed by atoms with van der Waals surface area (Å²) < 4.78 is 5.36. The summed E-state index contributed by atoms with van der Waals surface area (Å²) in [7, 11) is 1.83. The molecule has 2 N–H and O–H groups in total. The summed E-state index contributed by atoms with van der Waals surface area (Å²) in [5.41, 5.74) is 1.54. The van der Waals surface area contributed by atoms with E-state index >= 15 is 0 Å². The van der Waals surface area contributed by atoms with Crippen molar-refractivity contribution >= 4 is 5.96 Å². The summed E-state index contributed by atoms with van der Waals surface area (Å²) in [4.78, 5) is 4.35. The van der Waals surface area contributed by atoms with Crippen molar-refractivity contribution in [1.29, 1.82) is 0 Å². The van der Waals surface area contributed by atoms with Crippen molar-refractivity contribution < 1.29 is 4.74 Å². The molecule has 0 fully saturated rings. The zero-order chi connectivity index (χ0) is 17.7. The van der Waals surface area contributed by atoms with Crippen LogP contribution in [0.2, 0.25) is 0 Å². The van der Waals surface area contributed by atoms with E-state index in [1.165, 1.54) is 5.56 Å². The van der Waals surface area contributed by atoms with Gasteiger partial charge in [-0.05, 0) is 38.2 Å². The maximum Gasteiger partial charge on any atom is 0.191 e. The smallest absolute Gasteiger partial charge is 0.191 e. The lowest BCUT2D eigenvalue weighted by Gasteiger charge is -2.33. The Morgan fingerprint density at radius 1 is 1.04 bits per heavy atom. The van der Waals surface area contributed by atoms with Crippen molar-refractivity contribution in [3.8, 4) is 0 Å². The number of guanidine groups is 1. The quantitative estimate of drug-likeness (QED) is 0.368. The van der Waals surface area contributed by atoms with Gasteiger partial charge in [0.05, 0.1) is 0 Å². The lowest BCUT2D eigenvalue weighted by atomic mass is 9.76. The molecular formula is C20H35N3O. The molecule has 0 spiro atoms. The van der Waals surface area contributed by atoms with Crippen LogP contribution >= 0.6 is 0 Å². The van der Waals surface area contributed by atoms with Crippen molar-refractivity contribution in [3.63, 3.8) is 0 Å². The lowest BCUT2D eigenvalue weighted by molar-refractivity contribution is 0.143. The van der Waals surface area contributed by atoms with Crippen molar-refractivity contribution in [2.75, 3.05) is 33.4 Å². The van der Waals surface area contributed by atoms with Crippen LogP contribution in [0.15, 0.2) is 35.3 Å². The van der Waals surface area contributed by atoms with E-state index in [2.05, 4.69) is 59.8 Å². The van der Waals surface area contributed by atoms with Gasteiger partial charge in [0.25, 0.3) is 0 Å². The lowest BCUT2D eigenvalue weighted by Crippen LogP contribution is -2.45. The number of hydrogen-bond acceptors (Lipinski definition) is 2. The summed E-state index contributed by atoms with van der Waals surface area (Å²) >= 11 is 0. The average Bonchev–Trinajstić information content (AvgIpc) is 2.64. The number of benzene rings is 1. The summed E-state index contributed by atoms with van der Waals surface area (Å²) in [6.45, 7) is 10.0. The number of rotatable bonds is 11. The highest BCUT2D eigenvalue weighted by Gasteiger charge is 2.28. The van der Waals surface area contributed by atoms with E-state index in [1.54, 1.807) is 0 Å². The van der Waals surface area contributed by atoms with Gasteiger partial charge in [-0.2, -0.15) is 0 Å². The van der Waals surface area contributed by atoms with E-state index in [-0.39, 0.29) is 5.41 Å². The van der Waals surface area contributed by atoms with Crippen molar-refractivity contribution in [2.45, 2.75) is 51.9 Å². The fraction of sp³-hybridized carbons (Fsp3) is 0.650. The fourth-order valence-corrected chi connectivity index (χ4v) is 2.96. The zero-order valence-corrected chi connectivity index (χ0v) is 15.9. The van der Waals surface area contributed by atoms with Crippen LogP contribution in [-0.2, 0) is 10.2 Å². The van der Waals surface area contributed by atoms with E-state index in [0.717, 1.165) is 57.9 Å². The normalized spacial score (nSPS) is 12.2. The van der Waals surface area contributed by atoms with Crippen LogP contribution in [0.3, 0.4) is 0 Å². The Morgan fingerprint density at radius 2 is 1.75 bits per heavy atom. The fourth-order valence-electron chi connectivity index (χ4n) is 2.96.